The van der Waals surface area contributed by atoms with E-state index in [4.69, 9.17) is 4.74 Å². The van der Waals surface area contributed by atoms with Gasteiger partial charge in [-0.05, 0) is 43.9 Å². The Balaban J connectivity index is 1.88. The van der Waals surface area contributed by atoms with Crippen molar-refractivity contribution in [2.24, 2.45) is 5.92 Å². The minimum Gasteiger partial charge on any atom is -0.374 e. The van der Waals surface area contributed by atoms with Crippen LogP contribution in [0, 0.1) is 5.92 Å². The van der Waals surface area contributed by atoms with Crippen LogP contribution in [0.15, 0.2) is 0 Å². The van der Waals surface area contributed by atoms with Crippen LogP contribution >= 0.6 is 11.8 Å². The van der Waals surface area contributed by atoms with Gasteiger partial charge in [-0.1, -0.05) is 33.1 Å². The Hall–Kier alpha value is 0.270. The fraction of sp³-hybridized carbons (Fsp3) is 1.00. The van der Waals surface area contributed by atoms with E-state index < -0.39 is 0 Å². The first-order valence-electron chi connectivity index (χ1n) is 8.25. The van der Waals surface area contributed by atoms with Gasteiger partial charge in [0.15, 0.2) is 0 Å². The minimum atomic E-state index is 0.242. The molecular weight excluding hydrogens is 254 g/mol. The van der Waals surface area contributed by atoms with Crippen LogP contribution in [0.3, 0.4) is 0 Å². The Labute approximate surface area is 123 Å². The maximum atomic E-state index is 6.16. The predicted octanol–water partition coefficient (Wildman–Crippen LogP) is 3.85. The van der Waals surface area contributed by atoms with E-state index in [1.165, 1.54) is 56.5 Å². The Bertz CT molecular complexity index is 253. The van der Waals surface area contributed by atoms with Gasteiger partial charge in [0.05, 0.1) is 5.60 Å². The molecule has 0 radical (unpaired) electrons. The van der Waals surface area contributed by atoms with Gasteiger partial charge in [-0.15, -0.1) is 0 Å². The van der Waals surface area contributed by atoms with E-state index in [2.05, 4.69) is 30.9 Å². The zero-order valence-electron chi connectivity index (χ0n) is 12.7. The number of hydrogen-bond acceptors (Lipinski definition) is 3. The van der Waals surface area contributed by atoms with Crippen molar-refractivity contribution in [3.8, 4) is 0 Å². The molecule has 1 spiro atoms. The first-order chi connectivity index (χ1) is 9.29. The summed E-state index contributed by atoms with van der Waals surface area (Å²) in [6.45, 7) is 6.63. The molecule has 0 aromatic heterocycles. The van der Waals surface area contributed by atoms with Gasteiger partial charge in [-0.25, -0.2) is 0 Å². The Morgan fingerprint density at radius 2 is 2.26 bits per heavy atom. The average molecular weight is 285 g/mol. The van der Waals surface area contributed by atoms with Crippen LogP contribution in [0.5, 0.6) is 0 Å². The highest BCUT2D eigenvalue weighted by Gasteiger charge is 2.42. The normalized spacial score (nSPS) is 32.8. The van der Waals surface area contributed by atoms with Crippen LogP contribution in [0.25, 0.3) is 0 Å². The molecule has 3 unspecified atom stereocenters. The molecule has 0 aliphatic carbocycles. The maximum absolute atomic E-state index is 6.16. The van der Waals surface area contributed by atoms with Gasteiger partial charge in [-0.2, -0.15) is 11.8 Å². The quantitative estimate of drug-likeness (QED) is 0.718. The summed E-state index contributed by atoms with van der Waals surface area (Å²) in [6.07, 6.45) is 9.28. The lowest BCUT2D eigenvalue weighted by molar-refractivity contribution is -0.0855. The fourth-order valence-electron chi connectivity index (χ4n) is 3.65. The van der Waals surface area contributed by atoms with E-state index in [1.54, 1.807) is 0 Å². The minimum absolute atomic E-state index is 0.242. The second kappa shape index (κ2) is 7.90. The maximum Gasteiger partial charge on any atom is 0.0783 e. The molecule has 0 aromatic rings. The third-order valence-corrected chi connectivity index (χ3v) is 5.98. The Kier molecular flexibility index (Phi) is 6.51. The van der Waals surface area contributed by atoms with Crippen molar-refractivity contribution in [2.75, 3.05) is 24.7 Å². The standard InChI is InChI=1S/C16H31NOS/c1-3-5-6-7-15(17-4-2)14-8-10-18-16(12-14)9-11-19-13-16/h14-15,17H,3-13H2,1-2H3. The van der Waals surface area contributed by atoms with Crippen LogP contribution in [0.1, 0.15) is 58.8 Å². The molecular formula is C16H31NOS. The molecule has 2 aliphatic heterocycles. The molecule has 2 rings (SSSR count). The van der Waals surface area contributed by atoms with Gasteiger partial charge < -0.3 is 10.1 Å². The highest BCUT2D eigenvalue weighted by atomic mass is 32.2. The number of ether oxygens (including phenoxy) is 1. The largest absolute Gasteiger partial charge is 0.374 e. The van der Waals surface area contributed by atoms with Crippen LogP contribution < -0.4 is 5.32 Å². The van der Waals surface area contributed by atoms with Crippen molar-refractivity contribution in [2.45, 2.75) is 70.4 Å². The molecule has 2 nitrogen and oxygen atoms in total. The summed E-state index contributed by atoms with van der Waals surface area (Å²) in [4.78, 5) is 0. The molecule has 0 saturated carbocycles. The van der Waals surface area contributed by atoms with Gasteiger partial charge >= 0.3 is 0 Å². The highest BCUT2D eigenvalue weighted by molar-refractivity contribution is 7.99. The molecule has 112 valence electrons. The fourth-order valence-corrected chi connectivity index (χ4v) is 5.03. The zero-order chi connectivity index (χ0) is 13.6. The zero-order valence-corrected chi connectivity index (χ0v) is 13.6. The van der Waals surface area contributed by atoms with E-state index in [1.807, 2.05) is 0 Å². The van der Waals surface area contributed by atoms with E-state index in [-0.39, 0.29) is 5.60 Å². The van der Waals surface area contributed by atoms with Crippen LogP contribution in [-0.2, 0) is 4.74 Å². The van der Waals surface area contributed by atoms with E-state index in [9.17, 15) is 0 Å². The third-order valence-electron chi connectivity index (χ3n) is 4.75. The molecule has 19 heavy (non-hydrogen) atoms. The second-order valence-electron chi connectivity index (χ2n) is 6.25. The smallest absolute Gasteiger partial charge is 0.0783 e. The van der Waals surface area contributed by atoms with E-state index >= 15 is 0 Å². The average Bonchev–Trinajstić information content (AvgIpc) is 2.86. The molecule has 0 bridgehead atoms. The molecule has 2 saturated heterocycles. The number of rotatable bonds is 7. The summed E-state index contributed by atoms with van der Waals surface area (Å²) >= 11 is 2.08. The van der Waals surface area contributed by atoms with Crippen molar-refractivity contribution in [3.05, 3.63) is 0 Å². The molecule has 0 amide bonds. The number of unbranched alkanes of at least 4 members (excludes halogenated alkanes) is 2. The van der Waals surface area contributed by atoms with Gasteiger partial charge in [0.25, 0.3) is 0 Å². The lowest BCUT2D eigenvalue weighted by atomic mass is 9.79. The predicted molar refractivity (Wildman–Crippen MR) is 85.0 cm³/mol. The van der Waals surface area contributed by atoms with Crippen LogP contribution in [0.4, 0.5) is 0 Å². The van der Waals surface area contributed by atoms with Gasteiger partial charge in [-0.3, -0.25) is 0 Å². The van der Waals surface area contributed by atoms with Crippen molar-refractivity contribution in [1.29, 1.82) is 0 Å². The lowest BCUT2D eigenvalue weighted by Crippen LogP contribution is -2.47. The van der Waals surface area contributed by atoms with Gasteiger partial charge in [0, 0.05) is 18.4 Å². The molecule has 3 atom stereocenters. The van der Waals surface area contributed by atoms with Crippen LogP contribution in [0.2, 0.25) is 0 Å². The Morgan fingerprint density at radius 1 is 1.37 bits per heavy atom. The molecule has 1 N–H and O–H groups in total. The molecule has 0 aromatic carbocycles. The number of thioether (sulfide) groups is 1. The summed E-state index contributed by atoms with van der Waals surface area (Å²) in [7, 11) is 0. The summed E-state index contributed by atoms with van der Waals surface area (Å²) < 4.78 is 6.16. The van der Waals surface area contributed by atoms with Crippen molar-refractivity contribution < 1.29 is 4.74 Å². The highest BCUT2D eigenvalue weighted by Crippen LogP contribution is 2.41. The van der Waals surface area contributed by atoms with Gasteiger partial charge in [0.2, 0.25) is 0 Å². The molecule has 2 heterocycles. The summed E-state index contributed by atoms with van der Waals surface area (Å²) in [5.74, 6) is 3.37. The summed E-state index contributed by atoms with van der Waals surface area (Å²) in [6, 6.07) is 0.725. The molecule has 3 heteroatoms. The molecule has 2 fully saturated rings. The summed E-state index contributed by atoms with van der Waals surface area (Å²) in [5.41, 5.74) is 0.242. The SMILES string of the molecule is CCCCCC(NCC)C1CCOC2(CCSC2)C1. The van der Waals surface area contributed by atoms with Gasteiger partial charge in [0.1, 0.15) is 0 Å². The topological polar surface area (TPSA) is 21.3 Å². The second-order valence-corrected chi connectivity index (χ2v) is 7.35. The third kappa shape index (κ3) is 4.37. The summed E-state index contributed by atoms with van der Waals surface area (Å²) in [5, 5.41) is 3.76. The first-order valence-corrected chi connectivity index (χ1v) is 9.40. The first kappa shape index (κ1) is 15.7. The number of hydrogen-bond donors (Lipinski definition) is 1. The molecule has 2 aliphatic rings. The van der Waals surface area contributed by atoms with Crippen LogP contribution in [-0.4, -0.2) is 36.3 Å². The van der Waals surface area contributed by atoms with E-state index in [0.29, 0.717) is 0 Å². The lowest BCUT2D eigenvalue weighted by Gasteiger charge is -2.41. The Morgan fingerprint density at radius 3 is 2.95 bits per heavy atom. The van der Waals surface area contributed by atoms with Crippen molar-refractivity contribution in [3.63, 3.8) is 0 Å². The number of nitrogens with one attached hydrogen (secondary N) is 1. The van der Waals surface area contributed by atoms with E-state index in [0.717, 1.165) is 25.1 Å². The van der Waals surface area contributed by atoms with Crippen molar-refractivity contribution in [1.82, 2.24) is 5.32 Å². The monoisotopic (exact) mass is 285 g/mol. The van der Waals surface area contributed by atoms with Crippen molar-refractivity contribution >= 4 is 11.8 Å².